The predicted octanol–water partition coefficient (Wildman–Crippen LogP) is 5.38. The standard InChI is InChI=1S/C24H21F2N3O3/c1-14-4-8-17(9-5-14)20-12-19(21-15(2)28-32-22(21)27-20)23(30)29(3)13-16-6-10-18(11-7-16)31-24(25)26/h4-12,24H,13H2,1-3H3. The minimum atomic E-state index is -2.88. The SMILES string of the molecule is Cc1ccc(-c2cc(C(=O)N(C)Cc3ccc(OC(F)F)cc3)c3c(C)noc3n2)cc1. The molecule has 0 spiro atoms. The number of ether oxygens (including phenoxy) is 1. The molecule has 0 bridgehead atoms. The summed E-state index contributed by atoms with van der Waals surface area (Å²) in [5.41, 5.74) is 4.67. The van der Waals surface area contributed by atoms with Crippen LogP contribution in [0, 0.1) is 13.8 Å². The maximum atomic E-state index is 13.4. The highest BCUT2D eigenvalue weighted by Crippen LogP contribution is 2.28. The first kappa shape index (κ1) is 21.4. The third-order valence-corrected chi connectivity index (χ3v) is 5.11. The van der Waals surface area contributed by atoms with Crippen LogP contribution < -0.4 is 4.74 Å². The van der Waals surface area contributed by atoms with Crippen LogP contribution in [0.15, 0.2) is 59.1 Å². The lowest BCUT2D eigenvalue weighted by Gasteiger charge is -2.18. The molecule has 0 N–H and O–H groups in total. The van der Waals surface area contributed by atoms with Crippen LogP contribution in [-0.2, 0) is 6.54 Å². The van der Waals surface area contributed by atoms with Crippen LogP contribution in [0.3, 0.4) is 0 Å². The summed E-state index contributed by atoms with van der Waals surface area (Å²) < 4.78 is 34.4. The molecule has 6 nitrogen and oxygen atoms in total. The van der Waals surface area contributed by atoms with Crippen molar-refractivity contribution < 1.29 is 22.8 Å². The maximum absolute atomic E-state index is 13.4. The van der Waals surface area contributed by atoms with Crippen molar-refractivity contribution in [3.05, 3.63) is 77.0 Å². The largest absolute Gasteiger partial charge is 0.435 e. The highest BCUT2D eigenvalue weighted by Gasteiger charge is 2.22. The van der Waals surface area contributed by atoms with E-state index >= 15 is 0 Å². The van der Waals surface area contributed by atoms with Gasteiger partial charge >= 0.3 is 6.61 Å². The fourth-order valence-electron chi connectivity index (χ4n) is 3.46. The smallest absolute Gasteiger partial charge is 0.387 e. The number of fused-ring (bicyclic) bond motifs is 1. The second-order valence-corrected chi connectivity index (χ2v) is 7.55. The zero-order chi connectivity index (χ0) is 22.8. The number of carbonyl (C=O) groups is 1. The van der Waals surface area contributed by atoms with E-state index in [1.54, 1.807) is 37.1 Å². The van der Waals surface area contributed by atoms with Gasteiger partial charge in [-0.15, -0.1) is 0 Å². The van der Waals surface area contributed by atoms with E-state index < -0.39 is 6.61 Å². The van der Waals surface area contributed by atoms with Gasteiger partial charge < -0.3 is 14.2 Å². The zero-order valence-electron chi connectivity index (χ0n) is 17.8. The van der Waals surface area contributed by atoms with Gasteiger partial charge in [-0.25, -0.2) is 4.98 Å². The fraction of sp³-hybridized carbons (Fsp3) is 0.208. The number of halogens is 2. The quantitative estimate of drug-likeness (QED) is 0.405. The number of benzene rings is 2. The molecule has 0 saturated carbocycles. The first-order valence-electron chi connectivity index (χ1n) is 9.95. The molecule has 8 heteroatoms. The molecule has 0 aliphatic heterocycles. The van der Waals surface area contributed by atoms with E-state index in [0.717, 1.165) is 16.7 Å². The van der Waals surface area contributed by atoms with Gasteiger partial charge in [-0.05, 0) is 37.6 Å². The van der Waals surface area contributed by atoms with Gasteiger partial charge in [0.15, 0.2) is 0 Å². The Labute approximate surface area is 183 Å². The van der Waals surface area contributed by atoms with Crippen LogP contribution in [0.25, 0.3) is 22.4 Å². The fourth-order valence-corrected chi connectivity index (χ4v) is 3.46. The lowest BCUT2D eigenvalue weighted by molar-refractivity contribution is -0.0498. The number of pyridine rings is 1. The zero-order valence-corrected chi connectivity index (χ0v) is 17.8. The van der Waals surface area contributed by atoms with Crippen LogP contribution in [0.4, 0.5) is 8.78 Å². The minimum Gasteiger partial charge on any atom is -0.435 e. The average molecular weight is 437 g/mol. The summed E-state index contributed by atoms with van der Waals surface area (Å²) in [6.45, 7) is 1.16. The second kappa shape index (κ2) is 8.74. The number of rotatable bonds is 6. The normalized spacial score (nSPS) is 11.2. The predicted molar refractivity (Wildman–Crippen MR) is 116 cm³/mol. The highest BCUT2D eigenvalue weighted by atomic mass is 19.3. The Morgan fingerprint density at radius 3 is 2.44 bits per heavy atom. The summed E-state index contributed by atoms with van der Waals surface area (Å²) in [5.74, 6) is -0.165. The topological polar surface area (TPSA) is 68.5 Å². The first-order valence-corrected chi connectivity index (χ1v) is 9.95. The molecule has 0 saturated heterocycles. The Morgan fingerprint density at radius 2 is 1.78 bits per heavy atom. The van der Waals surface area contributed by atoms with Gasteiger partial charge in [0.25, 0.3) is 11.6 Å². The summed E-state index contributed by atoms with van der Waals surface area (Å²) in [6, 6.07) is 15.8. The summed E-state index contributed by atoms with van der Waals surface area (Å²) in [5, 5.41) is 4.55. The molecule has 0 aliphatic rings. The van der Waals surface area contributed by atoms with Crippen molar-refractivity contribution in [1.29, 1.82) is 0 Å². The number of aryl methyl sites for hydroxylation is 2. The van der Waals surface area contributed by atoms with E-state index in [-0.39, 0.29) is 18.2 Å². The Hall–Kier alpha value is -3.81. The van der Waals surface area contributed by atoms with Gasteiger partial charge in [0.05, 0.1) is 22.3 Å². The monoisotopic (exact) mass is 437 g/mol. The summed E-state index contributed by atoms with van der Waals surface area (Å²) in [7, 11) is 1.67. The van der Waals surface area contributed by atoms with Gasteiger partial charge in [-0.1, -0.05) is 47.1 Å². The molecule has 2 heterocycles. The van der Waals surface area contributed by atoms with E-state index in [2.05, 4.69) is 14.9 Å². The summed E-state index contributed by atoms with van der Waals surface area (Å²) in [6.07, 6.45) is 0. The van der Waals surface area contributed by atoms with Crippen molar-refractivity contribution in [3.63, 3.8) is 0 Å². The molecule has 0 radical (unpaired) electrons. The molecule has 164 valence electrons. The number of hydrogen-bond donors (Lipinski definition) is 0. The Kier molecular flexibility index (Phi) is 5.85. The van der Waals surface area contributed by atoms with E-state index in [1.165, 1.54) is 12.1 Å². The third-order valence-electron chi connectivity index (χ3n) is 5.11. The minimum absolute atomic E-state index is 0.0661. The van der Waals surface area contributed by atoms with Crippen LogP contribution >= 0.6 is 0 Å². The molecule has 0 aliphatic carbocycles. The first-order chi connectivity index (χ1) is 15.3. The van der Waals surface area contributed by atoms with E-state index in [4.69, 9.17) is 4.52 Å². The molecule has 0 atom stereocenters. The maximum Gasteiger partial charge on any atom is 0.387 e. The van der Waals surface area contributed by atoms with Crippen molar-refractivity contribution in [2.24, 2.45) is 0 Å². The molecule has 0 unspecified atom stereocenters. The van der Waals surface area contributed by atoms with Crippen molar-refractivity contribution in [1.82, 2.24) is 15.0 Å². The van der Waals surface area contributed by atoms with Gasteiger partial charge in [-0.3, -0.25) is 4.79 Å². The molecule has 1 amide bonds. The van der Waals surface area contributed by atoms with Crippen LogP contribution in [0.2, 0.25) is 0 Å². The van der Waals surface area contributed by atoms with Gasteiger partial charge in [0, 0.05) is 19.2 Å². The van der Waals surface area contributed by atoms with Crippen LogP contribution in [0.1, 0.15) is 27.2 Å². The van der Waals surface area contributed by atoms with Crippen molar-refractivity contribution >= 4 is 17.0 Å². The molecule has 2 aromatic heterocycles. The van der Waals surface area contributed by atoms with Crippen molar-refractivity contribution in [3.8, 4) is 17.0 Å². The number of nitrogens with zero attached hydrogens (tertiary/aromatic N) is 3. The molecule has 2 aromatic carbocycles. The molecule has 0 fully saturated rings. The Morgan fingerprint density at radius 1 is 1.09 bits per heavy atom. The average Bonchev–Trinajstić information content (AvgIpc) is 3.15. The van der Waals surface area contributed by atoms with Gasteiger partial charge in [0.1, 0.15) is 5.75 Å². The number of carbonyl (C=O) groups excluding carboxylic acids is 1. The number of alkyl halides is 2. The van der Waals surface area contributed by atoms with Crippen molar-refractivity contribution in [2.45, 2.75) is 27.0 Å². The van der Waals surface area contributed by atoms with Gasteiger partial charge in [0.2, 0.25) is 0 Å². The van der Waals surface area contributed by atoms with Gasteiger partial charge in [-0.2, -0.15) is 8.78 Å². The molecular formula is C24H21F2N3O3. The van der Waals surface area contributed by atoms with Crippen molar-refractivity contribution in [2.75, 3.05) is 7.05 Å². The molecule has 4 rings (SSSR count). The molecular weight excluding hydrogens is 416 g/mol. The summed E-state index contributed by atoms with van der Waals surface area (Å²) >= 11 is 0. The lowest BCUT2D eigenvalue weighted by atomic mass is 10.0. The summed E-state index contributed by atoms with van der Waals surface area (Å²) in [4.78, 5) is 19.5. The highest BCUT2D eigenvalue weighted by molar-refractivity contribution is 6.06. The van der Waals surface area contributed by atoms with Crippen LogP contribution in [0.5, 0.6) is 5.75 Å². The number of hydrogen-bond acceptors (Lipinski definition) is 5. The lowest BCUT2D eigenvalue weighted by Crippen LogP contribution is -2.26. The van der Waals surface area contributed by atoms with E-state index in [1.807, 2.05) is 31.2 Å². The Balaban J connectivity index is 1.64. The van der Waals surface area contributed by atoms with E-state index in [9.17, 15) is 13.6 Å². The van der Waals surface area contributed by atoms with E-state index in [0.29, 0.717) is 28.1 Å². The third kappa shape index (κ3) is 4.44. The Bertz CT molecular complexity index is 1250. The van der Waals surface area contributed by atoms with Crippen LogP contribution in [-0.4, -0.2) is 34.6 Å². The molecule has 4 aromatic rings. The second-order valence-electron chi connectivity index (χ2n) is 7.55. The molecule has 32 heavy (non-hydrogen) atoms. The number of aromatic nitrogens is 2. The number of amides is 1.